The van der Waals surface area contributed by atoms with Crippen LogP contribution in [0.3, 0.4) is 0 Å². The molecule has 0 radical (unpaired) electrons. The van der Waals surface area contributed by atoms with E-state index < -0.39 is 0 Å². The van der Waals surface area contributed by atoms with Crippen molar-refractivity contribution < 1.29 is 0 Å². The van der Waals surface area contributed by atoms with Gasteiger partial charge in [-0.1, -0.05) is 6.42 Å². The molecule has 4 heteroatoms. The molecule has 0 aliphatic heterocycles. The molecule has 2 fully saturated rings. The Morgan fingerprint density at radius 2 is 1.95 bits per heavy atom. The Balaban J connectivity index is 1.44. The maximum absolute atomic E-state index is 4.44. The second kappa shape index (κ2) is 5.13. The average molecular weight is 279 g/mol. The van der Waals surface area contributed by atoms with Gasteiger partial charge in [-0.3, -0.25) is 0 Å². The molecule has 3 rings (SSSR count). The van der Waals surface area contributed by atoms with Gasteiger partial charge >= 0.3 is 0 Å². The van der Waals surface area contributed by atoms with E-state index in [0.717, 1.165) is 37.1 Å². The van der Waals surface area contributed by atoms with E-state index in [4.69, 9.17) is 0 Å². The number of aromatic nitrogens is 2. The zero-order valence-electron chi connectivity index (χ0n) is 12.3. The van der Waals surface area contributed by atoms with Gasteiger partial charge in [-0.2, -0.15) is 0 Å². The molecule has 2 unspecified atom stereocenters. The minimum Gasteiger partial charge on any atom is -0.312 e. The van der Waals surface area contributed by atoms with Gasteiger partial charge in [0.15, 0.2) is 0 Å². The Labute approximate surface area is 120 Å². The highest BCUT2D eigenvalue weighted by atomic mass is 32.1. The third kappa shape index (κ3) is 3.16. The zero-order chi connectivity index (χ0) is 13.5. The minimum absolute atomic E-state index is 0.220. The molecule has 0 spiro atoms. The zero-order valence-corrected chi connectivity index (χ0v) is 13.1. The van der Waals surface area contributed by atoms with Crippen LogP contribution in [-0.2, 0) is 6.42 Å². The van der Waals surface area contributed by atoms with Gasteiger partial charge in [-0.15, -0.1) is 21.5 Å². The van der Waals surface area contributed by atoms with Crippen molar-refractivity contribution in [3.05, 3.63) is 10.0 Å². The van der Waals surface area contributed by atoms with Crippen LogP contribution in [0.4, 0.5) is 0 Å². The van der Waals surface area contributed by atoms with Crippen LogP contribution in [0.5, 0.6) is 0 Å². The van der Waals surface area contributed by atoms with E-state index in [0.29, 0.717) is 0 Å². The summed E-state index contributed by atoms with van der Waals surface area (Å²) < 4.78 is 0. The largest absolute Gasteiger partial charge is 0.312 e. The summed E-state index contributed by atoms with van der Waals surface area (Å²) in [5.74, 6) is 2.71. The molecule has 3 nitrogen and oxygen atoms in total. The highest BCUT2D eigenvalue weighted by Crippen LogP contribution is 2.63. The quantitative estimate of drug-likeness (QED) is 0.840. The monoisotopic (exact) mass is 279 g/mol. The topological polar surface area (TPSA) is 37.8 Å². The number of rotatable bonds is 5. The van der Waals surface area contributed by atoms with Gasteiger partial charge in [-0.25, -0.2) is 0 Å². The molecule has 1 heterocycles. The van der Waals surface area contributed by atoms with Crippen LogP contribution in [0.25, 0.3) is 0 Å². The lowest BCUT2D eigenvalue weighted by Crippen LogP contribution is -2.36. The molecular weight excluding hydrogens is 254 g/mol. The molecule has 0 aromatic carbocycles. The van der Waals surface area contributed by atoms with Crippen molar-refractivity contribution in [2.45, 2.75) is 64.3 Å². The first-order valence-corrected chi connectivity index (χ1v) is 8.43. The second-order valence-electron chi connectivity index (χ2n) is 7.10. The summed E-state index contributed by atoms with van der Waals surface area (Å²) in [5.41, 5.74) is 0.220. The molecule has 0 bridgehead atoms. The van der Waals surface area contributed by atoms with Crippen LogP contribution in [-0.4, -0.2) is 22.3 Å². The van der Waals surface area contributed by atoms with Crippen molar-refractivity contribution in [2.75, 3.05) is 6.54 Å². The highest BCUT2D eigenvalue weighted by Gasteiger charge is 2.54. The first-order valence-electron chi connectivity index (χ1n) is 7.62. The summed E-state index contributed by atoms with van der Waals surface area (Å²) in [6, 6.07) is 0. The van der Waals surface area contributed by atoms with E-state index in [1.54, 1.807) is 0 Å². The molecule has 2 atom stereocenters. The van der Waals surface area contributed by atoms with E-state index in [9.17, 15) is 0 Å². The number of nitrogens with zero attached hydrogens (tertiary/aromatic N) is 2. The van der Waals surface area contributed by atoms with E-state index in [-0.39, 0.29) is 5.54 Å². The smallest absolute Gasteiger partial charge is 0.121 e. The van der Waals surface area contributed by atoms with E-state index in [1.165, 1.54) is 29.3 Å². The van der Waals surface area contributed by atoms with Gasteiger partial charge in [0.2, 0.25) is 0 Å². The highest BCUT2D eigenvalue weighted by molar-refractivity contribution is 7.11. The lowest BCUT2D eigenvalue weighted by Gasteiger charge is -2.20. The fraction of sp³-hybridized carbons (Fsp3) is 0.867. The maximum Gasteiger partial charge on any atom is 0.121 e. The number of aryl methyl sites for hydroxylation is 1. The van der Waals surface area contributed by atoms with Gasteiger partial charge in [0.05, 0.1) is 0 Å². The Bertz CT molecular complexity index is 425. The van der Waals surface area contributed by atoms with Gasteiger partial charge in [0, 0.05) is 17.9 Å². The fourth-order valence-corrected chi connectivity index (χ4v) is 4.53. The minimum atomic E-state index is 0.220. The van der Waals surface area contributed by atoms with Crippen LogP contribution < -0.4 is 5.32 Å². The van der Waals surface area contributed by atoms with Crippen molar-refractivity contribution in [1.29, 1.82) is 0 Å². The lowest BCUT2D eigenvalue weighted by molar-refractivity contribution is 0.422. The van der Waals surface area contributed by atoms with Crippen molar-refractivity contribution >= 4 is 11.3 Å². The molecule has 1 aromatic heterocycles. The molecule has 0 amide bonds. The van der Waals surface area contributed by atoms with Crippen LogP contribution in [0, 0.1) is 11.8 Å². The summed E-state index contributed by atoms with van der Waals surface area (Å²) >= 11 is 1.87. The summed E-state index contributed by atoms with van der Waals surface area (Å²) in [4.78, 5) is 0. The lowest BCUT2D eigenvalue weighted by atomic mass is 10.1. The van der Waals surface area contributed by atoms with E-state index in [2.05, 4.69) is 36.3 Å². The average Bonchev–Trinajstić information content (AvgIpc) is 2.76. The molecule has 2 saturated carbocycles. The molecule has 19 heavy (non-hydrogen) atoms. The van der Waals surface area contributed by atoms with Gasteiger partial charge in [0.1, 0.15) is 10.0 Å². The van der Waals surface area contributed by atoms with Crippen molar-refractivity contribution in [2.24, 2.45) is 11.8 Å². The predicted molar refractivity (Wildman–Crippen MR) is 79.6 cm³/mol. The number of hydrogen-bond donors (Lipinski definition) is 1. The SMILES string of the molecule is CC(C)(C)NCCCc1nnc(C2C3CCCC32)s1. The first-order chi connectivity index (χ1) is 9.04. The molecule has 2 aliphatic rings. The predicted octanol–water partition coefficient (Wildman–Crippen LogP) is 3.37. The van der Waals surface area contributed by atoms with E-state index in [1.807, 2.05) is 11.3 Å². The molecular formula is C15H25N3S. The van der Waals surface area contributed by atoms with Crippen LogP contribution in [0.2, 0.25) is 0 Å². The number of nitrogens with one attached hydrogen (secondary N) is 1. The molecule has 1 aromatic rings. The Morgan fingerprint density at radius 1 is 1.21 bits per heavy atom. The summed E-state index contributed by atoms with van der Waals surface area (Å²) in [6.07, 6.45) is 6.53. The number of fused-ring (bicyclic) bond motifs is 1. The van der Waals surface area contributed by atoms with Crippen molar-refractivity contribution in [1.82, 2.24) is 15.5 Å². The van der Waals surface area contributed by atoms with Crippen molar-refractivity contribution in [3.63, 3.8) is 0 Å². The van der Waals surface area contributed by atoms with E-state index >= 15 is 0 Å². The normalized spacial score (nSPS) is 29.5. The maximum atomic E-state index is 4.44. The summed E-state index contributed by atoms with van der Waals surface area (Å²) in [7, 11) is 0. The fourth-order valence-electron chi connectivity index (χ4n) is 3.39. The summed E-state index contributed by atoms with van der Waals surface area (Å²) in [5, 5.41) is 14.9. The van der Waals surface area contributed by atoms with Crippen LogP contribution in [0.1, 0.15) is 62.4 Å². The van der Waals surface area contributed by atoms with Crippen LogP contribution in [0.15, 0.2) is 0 Å². The third-order valence-electron chi connectivity index (χ3n) is 4.40. The Morgan fingerprint density at radius 3 is 2.63 bits per heavy atom. The molecule has 0 saturated heterocycles. The first kappa shape index (κ1) is 13.5. The molecule has 106 valence electrons. The van der Waals surface area contributed by atoms with Gasteiger partial charge in [0.25, 0.3) is 0 Å². The Hall–Kier alpha value is -0.480. The van der Waals surface area contributed by atoms with Crippen LogP contribution >= 0.6 is 11.3 Å². The number of hydrogen-bond acceptors (Lipinski definition) is 4. The van der Waals surface area contributed by atoms with Gasteiger partial charge < -0.3 is 5.32 Å². The Kier molecular flexibility index (Phi) is 3.65. The summed E-state index contributed by atoms with van der Waals surface area (Å²) in [6.45, 7) is 7.69. The second-order valence-corrected chi connectivity index (χ2v) is 8.19. The van der Waals surface area contributed by atoms with Gasteiger partial charge in [-0.05, 0) is 58.4 Å². The standard InChI is InChI=1S/C15H25N3S/c1-15(2,3)16-9-5-8-12-17-18-14(19-12)13-10-6-4-7-11(10)13/h10-11,13,16H,4-9H2,1-3H3. The van der Waals surface area contributed by atoms with Crippen molar-refractivity contribution in [3.8, 4) is 0 Å². The molecule has 1 N–H and O–H groups in total. The molecule has 2 aliphatic carbocycles. The third-order valence-corrected chi connectivity index (χ3v) is 5.48.